The van der Waals surface area contributed by atoms with Crippen molar-refractivity contribution in [3.8, 4) is 0 Å². The molecule has 6 nitrogen and oxygen atoms in total. The Balaban J connectivity index is 1.82. The average molecular weight is 460 g/mol. The number of nitrogens with zero attached hydrogens (tertiary/aromatic N) is 1. The molecule has 0 bridgehead atoms. The quantitative estimate of drug-likeness (QED) is 0.587. The Morgan fingerprint density at radius 2 is 1.82 bits per heavy atom. The van der Waals surface area contributed by atoms with Crippen LogP contribution in [0.15, 0.2) is 70.2 Å². The van der Waals surface area contributed by atoms with Crippen LogP contribution in [0.1, 0.15) is 21.6 Å². The minimum Gasteiger partial charge on any atom is -0.322 e. The summed E-state index contributed by atoms with van der Waals surface area (Å²) >= 11 is 3.34. The first kappa shape index (κ1) is 20.0. The van der Waals surface area contributed by atoms with Crippen LogP contribution in [0.5, 0.6) is 0 Å². The van der Waals surface area contributed by atoms with Crippen LogP contribution >= 0.6 is 15.9 Å². The molecule has 144 valence electrons. The molecule has 0 aliphatic heterocycles. The van der Waals surface area contributed by atoms with E-state index >= 15 is 0 Å². The van der Waals surface area contributed by atoms with Crippen LogP contribution in [0, 0.1) is 13.8 Å². The Morgan fingerprint density at radius 3 is 2.54 bits per heavy atom. The minimum atomic E-state index is -3.82. The number of hydrogen-bond acceptors (Lipinski definition) is 4. The van der Waals surface area contributed by atoms with E-state index in [9.17, 15) is 13.2 Å². The Labute approximate surface area is 172 Å². The topological polar surface area (TPSA) is 88.2 Å². The van der Waals surface area contributed by atoms with Gasteiger partial charge in [0.2, 0.25) is 0 Å². The van der Waals surface area contributed by atoms with Gasteiger partial charge in [-0.2, -0.15) is 0 Å². The molecule has 0 unspecified atom stereocenters. The van der Waals surface area contributed by atoms with Crippen molar-refractivity contribution in [2.75, 3.05) is 10.0 Å². The molecule has 2 aromatic carbocycles. The lowest BCUT2D eigenvalue weighted by Gasteiger charge is -2.12. The lowest BCUT2D eigenvalue weighted by Crippen LogP contribution is -2.15. The maximum absolute atomic E-state index is 12.8. The molecular formula is C20H18BrN3O3S. The third-order valence-electron chi connectivity index (χ3n) is 3.94. The molecule has 0 aliphatic rings. The van der Waals surface area contributed by atoms with Gasteiger partial charge in [-0.1, -0.05) is 12.1 Å². The summed E-state index contributed by atoms with van der Waals surface area (Å²) in [7, 11) is -3.82. The summed E-state index contributed by atoms with van der Waals surface area (Å²) in [5, 5.41) is 2.69. The number of carbonyl (C=O) groups excluding carboxylic acids is 1. The zero-order valence-electron chi connectivity index (χ0n) is 15.2. The number of nitrogens with one attached hydrogen (secondary N) is 2. The van der Waals surface area contributed by atoms with Crippen molar-refractivity contribution < 1.29 is 13.2 Å². The standard InChI is InChI=1S/C20H18BrN3O3S/c1-13-6-9-18(21)19(10-13)24-28(26,27)17-5-3-4-16(11-17)23-20(25)15-8-7-14(2)22-12-15/h3-12,24H,1-2H3,(H,23,25). The second-order valence-electron chi connectivity index (χ2n) is 6.26. The highest BCUT2D eigenvalue weighted by Crippen LogP contribution is 2.27. The highest BCUT2D eigenvalue weighted by atomic mass is 79.9. The summed E-state index contributed by atoms with van der Waals surface area (Å²) < 4.78 is 28.7. The summed E-state index contributed by atoms with van der Waals surface area (Å²) in [4.78, 5) is 16.5. The molecule has 3 rings (SSSR count). The number of pyridine rings is 1. The lowest BCUT2D eigenvalue weighted by atomic mass is 10.2. The second-order valence-corrected chi connectivity index (χ2v) is 8.80. The first-order valence-corrected chi connectivity index (χ1v) is 10.7. The fourth-order valence-corrected chi connectivity index (χ4v) is 4.06. The predicted molar refractivity (Wildman–Crippen MR) is 113 cm³/mol. The van der Waals surface area contributed by atoms with E-state index in [2.05, 4.69) is 31.0 Å². The van der Waals surface area contributed by atoms with E-state index in [-0.39, 0.29) is 10.8 Å². The molecular weight excluding hydrogens is 442 g/mol. The van der Waals surface area contributed by atoms with E-state index < -0.39 is 10.0 Å². The number of aromatic nitrogens is 1. The van der Waals surface area contributed by atoms with Crippen molar-refractivity contribution in [2.45, 2.75) is 18.7 Å². The highest BCUT2D eigenvalue weighted by molar-refractivity contribution is 9.10. The van der Waals surface area contributed by atoms with Gasteiger partial charge < -0.3 is 5.32 Å². The maximum atomic E-state index is 12.8. The molecule has 2 N–H and O–H groups in total. The third-order valence-corrected chi connectivity index (χ3v) is 6.00. The second kappa shape index (κ2) is 8.12. The number of amides is 1. The number of hydrogen-bond donors (Lipinski definition) is 2. The predicted octanol–water partition coefficient (Wildman–Crippen LogP) is 4.51. The molecule has 0 radical (unpaired) electrons. The Morgan fingerprint density at radius 1 is 1.04 bits per heavy atom. The van der Waals surface area contributed by atoms with Crippen molar-refractivity contribution in [3.05, 3.63) is 82.1 Å². The van der Waals surface area contributed by atoms with Gasteiger partial charge in [0.1, 0.15) is 0 Å². The summed E-state index contributed by atoms with van der Waals surface area (Å²) in [5.41, 5.74) is 2.93. The van der Waals surface area contributed by atoms with Gasteiger partial charge in [-0.15, -0.1) is 0 Å². The normalized spacial score (nSPS) is 11.1. The van der Waals surface area contributed by atoms with E-state index in [1.165, 1.54) is 18.3 Å². The van der Waals surface area contributed by atoms with Crippen LogP contribution < -0.4 is 10.0 Å². The number of aryl methyl sites for hydroxylation is 2. The van der Waals surface area contributed by atoms with Gasteiger partial charge in [0.25, 0.3) is 15.9 Å². The van der Waals surface area contributed by atoms with Gasteiger partial charge in [-0.25, -0.2) is 8.42 Å². The monoisotopic (exact) mass is 459 g/mol. The maximum Gasteiger partial charge on any atom is 0.262 e. The number of carbonyl (C=O) groups is 1. The largest absolute Gasteiger partial charge is 0.322 e. The van der Waals surface area contributed by atoms with Crippen molar-refractivity contribution in [3.63, 3.8) is 0 Å². The number of anilines is 2. The number of rotatable bonds is 5. The van der Waals surface area contributed by atoms with E-state index in [1.807, 2.05) is 19.9 Å². The first-order chi connectivity index (χ1) is 13.2. The van der Waals surface area contributed by atoms with E-state index in [4.69, 9.17) is 0 Å². The first-order valence-electron chi connectivity index (χ1n) is 8.38. The van der Waals surface area contributed by atoms with Gasteiger partial charge in [0.15, 0.2) is 0 Å². The van der Waals surface area contributed by atoms with E-state index in [0.717, 1.165) is 11.3 Å². The SMILES string of the molecule is Cc1ccc(Br)c(NS(=O)(=O)c2cccc(NC(=O)c3ccc(C)nc3)c2)c1. The number of sulfonamides is 1. The van der Waals surface area contributed by atoms with Crippen LogP contribution in [0.3, 0.4) is 0 Å². The Bertz CT molecular complexity index is 1130. The smallest absolute Gasteiger partial charge is 0.262 e. The lowest BCUT2D eigenvalue weighted by molar-refractivity contribution is 0.102. The molecule has 3 aromatic rings. The molecule has 1 heterocycles. The molecule has 1 aromatic heterocycles. The fraction of sp³-hybridized carbons (Fsp3) is 0.100. The molecule has 0 saturated carbocycles. The van der Waals surface area contributed by atoms with Crippen LogP contribution in [0.2, 0.25) is 0 Å². The Hall–Kier alpha value is -2.71. The number of benzene rings is 2. The zero-order chi connectivity index (χ0) is 20.3. The van der Waals surface area contributed by atoms with Crippen molar-refractivity contribution in [1.82, 2.24) is 4.98 Å². The van der Waals surface area contributed by atoms with Crippen LogP contribution in [-0.4, -0.2) is 19.3 Å². The van der Waals surface area contributed by atoms with Gasteiger partial charge in [-0.3, -0.25) is 14.5 Å². The Kier molecular flexibility index (Phi) is 5.81. The molecule has 0 saturated heterocycles. The van der Waals surface area contributed by atoms with Crippen LogP contribution in [0.25, 0.3) is 0 Å². The molecule has 1 amide bonds. The van der Waals surface area contributed by atoms with Gasteiger partial charge >= 0.3 is 0 Å². The van der Waals surface area contributed by atoms with E-state index in [1.54, 1.807) is 36.4 Å². The van der Waals surface area contributed by atoms with Crippen LogP contribution in [0.4, 0.5) is 11.4 Å². The molecule has 28 heavy (non-hydrogen) atoms. The molecule has 0 fully saturated rings. The summed E-state index contributed by atoms with van der Waals surface area (Å²) in [6.07, 6.45) is 1.47. The van der Waals surface area contributed by atoms with Crippen LogP contribution in [-0.2, 0) is 10.0 Å². The summed E-state index contributed by atoms with van der Waals surface area (Å²) in [6, 6.07) is 14.9. The van der Waals surface area contributed by atoms with Crippen molar-refractivity contribution in [1.29, 1.82) is 0 Å². The fourth-order valence-electron chi connectivity index (χ4n) is 2.47. The summed E-state index contributed by atoms with van der Waals surface area (Å²) in [6.45, 7) is 3.70. The third kappa shape index (κ3) is 4.76. The van der Waals surface area contributed by atoms with Gasteiger partial charge in [0, 0.05) is 22.1 Å². The minimum absolute atomic E-state index is 0.0423. The average Bonchev–Trinajstić information content (AvgIpc) is 2.65. The van der Waals surface area contributed by atoms with E-state index in [0.29, 0.717) is 21.4 Å². The highest BCUT2D eigenvalue weighted by Gasteiger charge is 2.17. The number of halogens is 1. The van der Waals surface area contributed by atoms with Crippen molar-refractivity contribution >= 4 is 43.2 Å². The zero-order valence-corrected chi connectivity index (χ0v) is 17.6. The molecule has 8 heteroatoms. The van der Waals surface area contributed by atoms with Gasteiger partial charge in [0.05, 0.1) is 16.1 Å². The molecule has 0 atom stereocenters. The molecule has 0 aliphatic carbocycles. The molecule has 0 spiro atoms. The van der Waals surface area contributed by atoms with Crippen molar-refractivity contribution in [2.24, 2.45) is 0 Å². The summed E-state index contributed by atoms with van der Waals surface area (Å²) in [5.74, 6) is -0.364. The van der Waals surface area contributed by atoms with Gasteiger partial charge in [-0.05, 0) is 77.8 Å².